The first kappa shape index (κ1) is 21.5. The average Bonchev–Trinajstić information content (AvgIpc) is 3.22. The first-order valence-electron chi connectivity index (χ1n) is 10.8. The molecule has 1 unspecified atom stereocenters. The maximum Gasteiger partial charge on any atom is 0.318 e. The first-order valence-corrected chi connectivity index (χ1v) is 10.8. The number of aromatic nitrogens is 3. The molecule has 0 saturated carbocycles. The second kappa shape index (κ2) is 9.18. The third-order valence-electron chi connectivity index (χ3n) is 5.65. The molecular formula is C27H27N3O2. The number of fused-ring (bicyclic) bond motifs is 1. The SMILES string of the molecule is CCOC(=O)C(C)(Cc1ccccc1)c1ccnc2c(C=Cc3ccc(C)cc3)cnn12. The minimum atomic E-state index is -0.914. The summed E-state index contributed by atoms with van der Waals surface area (Å²) in [4.78, 5) is 17.7. The fourth-order valence-electron chi connectivity index (χ4n) is 3.87. The van der Waals surface area contributed by atoms with Crippen LogP contribution in [0.4, 0.5) is 0 Å². The van der Waals surface area contributed by atoms with Crippen LogP contribution >= 0.6 is 0 Å². The Bertz CT molecular complexity index is 1240. The molecule has 0 aliphatic heterocycles. The van der Waals surface area contributed by atoms with Crippen LogP contribution in [-0.4, -0.2) is 27.2 Å². The number of benzene rings is 2. The molecule has 0 fully saturated rings. The Morgan fingerprint density at radius 3 is 2.53 bits per heavy atom. The van der Waals surface area contributed by atoms with E-state index >= 15 is 0 Å². The molecule has 5 nitrogen and oxygen atoms in total. The normalized spacial score (nSPS) is 13.3. The molecule has 2 heterocycles. The van der Waals surface area contributed by atoms with E-state index in [2.05, 4.69) is 41.3 Å². The summed E-state index contributed by atoms with van der Waals surface area (Å²) in [6.45, 7) is 6.13. The van der Waals surface area contributed by atoms with Gasteiger partial charge in [-0.25, -0.2) is 9.50 Å². The molecule has 0 saturated heterocycles. The Morgan fingerprint density at radius 1 is 1.06 bits per heavy atom. The van der Waals surface area contributed by atoms with Crippen molar-refractivity contribution in [1.82, 2.24) is 14.6 Å². The lowest BCUT2D eigenvalue weighted by Crippen LogP contribution is -2.38. The highest BCUT2D eigenvalue weighted by Crippen LogP contribution is 2.31. The van der Waals surface area contributed by atoms with E-state index in [4.69, 9.17) is 4.74 Å². The van der Waals surface area contributed by atoms with Crippen LogP contribution < -0.4 is 0 Å². The molecule has 2 aromatic heterocycles. The van der Waals surface area contributed by atoms with Crippen molar-refractivity contribution in [3.8, 4) is 0 Å². The molecule has 2 aromatic carbocycles. The smallest absolute Gasteiger partial charge is 0.318 e. The monoisotopic (exact) mass is 425 g/mol. The molecular weight excluding hydrogens is 398 g/mol. The minimum Gasteiger partial charge on any atom is -0.465 e. The molecule has 32 heavy (non-hydrogen) atoms. The van der Waals surface area contributed by atoms with Gasteiger partial charge in [-0.05, 0) is 50.5 Å². The van der Waals surface area contributed by atoms with Crippen molar-refractivity contribution in [2.24, 2.45) is 0 Å². The number of esters is 1. The van der Waals surface area contributed by atoms with Crippen molar-refractivity contribution in [3.05, 3.63) is 101 Å². The molecule has 0 bridgehead atoms. The number of aryl methyl sites for hydroxylation is 1. The molecule has 0 radical (unpaired) electrons. The van der Waals surface area contributed by atoms with Gasteiger partial charge in [0.25, 0.3) is 0 Å². The Morgan fingerprint density at radius 2 is 1.81 bits per heavy atom. The van der Waals surface area contributed by atoms with E-state index in [9.17, 15) is 4.79 Å². The summed E-state index contributed by atoms with van der Waals surface area (Å²) in [5.41, 5.74) is 4.81. The van der Waals surface area contributed by atoms with E-state index in [1.807, 2.05) is 62.4 Å². The molecule has 0 N–H and O–H groups in total. The lowest BCUT2D eigenvalue weighted by molar-refractivity contribution is -0.149. The van der Waals surface area contributed by atoms with Crippen LogP contribution in [0.2, 0.25) is 0 Å². The van der Waals surface area contributed by atoms with Gasteiger partial charge in [0, 0.05) is 11.8 Å². The number of nitrogens with zero attached hydrogens (tertiary/aromatic N) is 3. The Labute approximate surface area is 188 Å². The van der Waals surface area contributed by atoms with Gasteiger partial charge in [0.15, 0.2) is 5.65 Å². The molecule has 4 aromatic rings. The summed E-state index contributed by atoms with van der Waals surface area (Å²) in [6, 6.07) is 20.1. The summed E-state index contributed by atoms with van der Waals surface area (Å²) >= 11 is 0. The van der Waals surface area contributed by atoms with Crippen LogP contribution in [0, 0.1) is 6.92 Å². The summed E-state index contributed by atoms with van der Waals surface area (Å²) in [7, 11) is 0. The standard InChI is InChI=1S/C27H27N3O2/c1-4-32-26(31)27(3,18-22-8-6-5-7-9-22)24-16-17-28-25-23(19-29-30(24)25)15-14-21-12-10-20(2)11-13-21/h5-17,19H,4,18H2,1-3H3. The number of carbonyl (C=O) groups is 1. The lowest BCUT2D eigenvalue weighted by Gasteiger charge is -2.28. The highest BCUT2D eigenvalue weighted by atomic mass is 16.5. The van der Waals surface area contributed by atoms with Crippen molar-refractivity contribution in [1.29, 1.82) is 0 Å². The zero-order chi connectivity index (χ0) is 22.6. The van der Waals surface area contributed by atoms with E-state index in [1.165, 1.54) is 5.56 Å². The second-order valence-electron chi connectivity index (χ2n) is 8.12. The van der Waals surface area contributed by atoms with Crippen LogP contribution in [0.1, 0.15) is 41.8 Å². The zero-order valence-electron chi connectivity index (χ0n) is 18.7. The Kier molecular flexibility index (Phi) is 6.17. The van der Waals surface area contributed by atoms with Crippen LogP contribution in [0.15, 0.2) is 73.1 Å². The van der Waals surface area contributed by atoms with E-state index in [0.717, 1.165) is 22.4 Å². The molecule has 1 atom stereocenters. The lowest BCUT2D eigenvalue weighted by atomic mass is 9.80. The number of carbonyl (C=O) groups excluding carboxylic acids is 1. The molecule has 0 spiro atoms. The van der Waals surface area contributed by atoms with E-state index < -0.39 is 5.41 Å². The van der Waals surface area contributed by atoms with Gasteiger partial charge in [-0.1, -0.05) is 66.2 Å². The molecule has 0 aliphatic carbocycles. The van der Waals surface area contributed by atoms with Gasteiger partial charge >= 0.3 is 5.97 Å². The van der Waals surface area contributed by atoms with E-state index in [1.54, 1.807) is 16.9 Å². The quantitative estimate of drug-likeness (QED) is 0.379. The summed E-state index contributed by atoms with van der Waals surface area (Å²) in [6.07, 6.45) is 8.06. The van der Waals surface area contributed by atoms with Gasteiger partial charge < -0.3 is 4.74 Å². The largest absolute Gasteiger partial charge is 0.465 e. The number of hydrogen-bond acceptors (Lipinski definition) is 4. The third kappa shape index (κ3) is 4.33. The van der Waals surface area contributed by atoms with E-state index in [-0.39, 0.29) is 5.97 Å². The summed E-state index contributed by atoms with van der Waals surface area (Å²) < 4.78 is 7.25. The van der Waals surface area contributed by atoms with Crippen molar-refractivity contribution in [2.45, 2.75) is 32.6 Å². The predicted octanol–water partition coefficient (Wildman–Crippen LogP) is 5.27. The van der Waals surface area contributed by atoms with Crippen LogP contribution in [0.25, 0.3) is 17.8 Å². The third-order valence-corrected chi connectivity index (χ3v) is 5.65. The van der Waals surface area contributed by atoms with Crippen LogP contribution in [0.5, 0.6) is 0 Å². The molecule has 0 aliphatic rings. The summed E-state index contributed by atoms with van der Waals surface area (Å²) in [5, 5.41) is 4.59. The van der Waals surface area contributed by atoms with Crippen molar-refractivity contribution in [2.75, 3.05) is 6.61 Å². The fraction of sp³-hybridized carbons (Fsp3) is 0.222. The highest BCUT2D eigenvalue weighted by Gasteiger charge is 2.39. The van der Waals surface area contributed by atoms with Gasteiger partial charge in [-0.3, -0.25) is 4.79 Å². The van der Waals surface area contributed by atoms with Gasteiger partial charge in [0.1, 0.15) is 5.41 Å². The highest BCUT2D eigenvalue weighted by molar-refractivity contribution is 5.83. The van der Waals surface area contributed by atoms with Gasteiger partial charge in [0.05, 0.1) is 18.5 Å². The minimum absolute atomic E-state index is 0.274. The van der Waals surface area contributed by atoms with Gasteiger partial charge in [0.2, 0.25) is 0 Å². The van der Waals surface area contributed by atoms with Crippen LogP contribution in [0.3, 0.4) is 0 Å². The maximum absolute atomic E-state index is 13.2. The average molecular weight is 426 g/mol. The van der Waals surface area contributed by atoms with Crippen molar-refractivity contribution in [3.63, 3.8) is 0 Å². The summed E-state index contributed by atoms with van der Waals surface area (Å²) in [5.74, 6) is -0.274. The van der Waals surface area contributed by atoms with Gasteiger partial charge in [-0.2, -0.15) is 5.10 Å². The Hall–Kier alpha value is -3.73. The molecule has 0 amide bonds. The first-order chi connectivity index (χ1) is 15.5. The Balaban J connectivity index is 1.76. The number of hydrogen-bond donors (Lipinski definition) is 0. The zero-order valence-corrected chi connectivity index (χ0v) is 18.7. The van der Waals surface area contributed by atoms with Crippen molar-refractivity contribution < 1.29 is 9.53 Å². The van der Waals surface area contributed by atoms with E-state index in [0.29, 0.717) is 18.7 Å². The predicted molar refractivity (Wildman–Crippen MR) is 127 cm³/mol. The number of rotatable bonds is 7. The molecule has 5 heteroatoms. The topological polar surface area (TPSA) is 56.5 Å². The number of ether oxygens (including phenoxy) is 1. The van der Waals surface area contributed by atoms with Crippen LogP contribution in [-0.2, 0) is 21.4 Å². The maximum atomic E-state index is 13.2. The van der Waals surface area contributed by atoms with Gasteiger partial charge in [-0.15, -0.1) is 0 Å². The second-order valence-corrected chi connectivity index (χ2v) is 8.12. The molecule has 162 valence electrons. The van der Waals surface area contributed by atoms with Crippen molar-refractivity contribution >= 4 is 23.8 Å². The fourth-order valence-corrected chi connectivity index (χ4v) is 3.87. The molecule has 4 rings (SSSR count).